The van der Waals surface area contributed by atoms with Crippen LogP contribution in [0.5, 0.6) is 0 Å². The number of hydrogen-bond acceptors (Lipinski definition) is 3. The van der Waals surface area contributed by atoms with Crippen molar-refractivity contribution in [1.82, 2.24) is 10.3 Å². The summed E-state index contributed by atoms with van der Waals surface area (Å²) in [5.41, 5.74) is 3.08. The molecule has 2 heterocycles. The molecule has 0 atom stereocenters. The maximum atomic E-state index is 4.21. The lowest BCUT2D eigenvalue weighted by atomic mass is 9.93. The van der Waals surface area contributed by atoms with Gasteiger partial charge in [0.15, 0.2) is 0 Å². The van der Waals surface area contributed by atoms with Crippen molar-refractivity contribution in [1.29, 1.82) is 0 Å². The Morgan fingerprint density at radius 2 is 2.31 bits per heavy atom. The Bertz CT molecular complexity index is 360. The zero-order valence-electron chi connectivity index (χ0n) is 10.5. The van der Waals surface area contributed by atoms with Gasteiger partial charge in [-0.05, 0) is 24.9 Å². The minimum Gasteiger partial charge on any atom is -0.371 e. The van der Waals surface area contributed by atoms with Gasteiger partial charge in [-0.3, -0.25) is 4.98 Å². The fraction of sp³-hybridized carbons (Fsp3) is 0.615. The number of hydrogen-bond donors (Lipinski definition) is 1. The summed E-state index contributed by atoms with van der Waals surface area (Å²) in [4.78, 5) is 6.69. The van der Waals surface area contributed by atoms with Gasteiger partial charge in [0.05, 0.1) is 0 Å². The molecule has 0 spiro atoms. The van der Waals surface area contributed by atoms with E-state index in [1.807, 2.05) is 19.4 Å². The second-order valence-corrected chi connectivity index (χ2v) is 5.37. The van der Waals surface area contributed by atoms with E-state index in [4.69, 9.17) is 0 Å². The van der Waals surface area contributed by atoms with Crippen LogP contribution < -0.4 is 10.2 Å². The fourth-order valence-electron chi connectivity index (χ4n) is 2.37. The summed E-state index contributed by atoms with van der Waals surface area (Å²) < 4.78 is 0. The van der Waals surface area contributed by atoms with Crippen LogP contribution in [0.4, 0.5) is 5.69 Å². The van der Waals surface area contributed by atoms with E-state index in [9.17, 15) is 0 Å². The molecule has 0 unspecified atom stereocenters. The standard InChI is InChI=1S/C13H21N3/c1-13(2)5-7-16(10-13)12-4-6-15-9-11(12)8-14-3/h4,6,9,14H,5,7-8,10H2,1-3H3. The molecule has 0 bridgehead atoms. The maximum Gasteiger partial charge on any atom is 0.0443 e. The van der Waals surface area contributed by atoms with Crippen molar-refractivity contribution in [2.75, 3.05) is 25.0 Å². The summed E-state index contributed by atoms with van der Waals surface area (Å²) >= 11 is 0. The summed E-state index contributed by atoms with van der Waals surface area (Å²) in [6.07, 6.45) is 5.13. The molecular formula is C13H21N3. The Kier molecular flexibility index (Phi) is 3.15. The summed E-state index contributed by atoms with van der Waals surface area (Å²) in [5, 5.41) is 3.20. The largest absolute Gasteiger partial charge is 0.371 e. The highest BCUT2D eigenvalue weighted by molar-refractivity contribution is 5.53. The lowest BCUT2D eigenvalue weighted by Crippen LogP contribution is -2.24. The average Bonchev–Trinajstić information content (AvgIpc) is 2.60. The molecule has 16 heavy (non-hydrogen) atoms. The molecule has 0 aromatic carbocycles. The molecule has 3 nitrogen and oxygen atoms in total. The van der Waals surface area contributed by atoms with Crippen molar-refractivity contribution in [3.05, 3.63) is 24.0 Å². The van der Waals surface area contributed by atoms with E-state index >= 15 is 0 Å². The van der Waals surface area contributed by atoms with Gasteiger partial charge in [0, 0.05) is 43.3 Å². The molecule has 0 amide bonds. The van der Waals surface area contributed by atoms with Crippen LogP contribution in [0.2, 0.25) is 0 Å². The molecular weight excluding hydrogens is 198 g/mol. The molecule has 1 aliphatic rings. The molecule has 0 saturated carbocycles. The van der Waals surface area contributed by atoms with Crippen LogP contribution >= 0.6 is 0 Å². The third-order valence-electron chi connectivity index (χ3n) is 3.26. The number of rotatable bonds is 3. The topological polar surface area (TPSA) is 28.2 Å². The van der Waals surface area contributed by atoms with Crippen LogP contribution in [0.15, 0.2) is 18.5 Å². The summed E-state index contributed by atoms with van der Waals surface area (Å²) in [6, 6.07) is 2.13. The van der Waals surface area contributed by atoms with Gasteiger partial charge >= 0.3 is 0 Å². The number of nitrogens with zero attached hydrogens (tertiary/aromatic N) is 2. The second-order valence-electron chi connectivity index (χ2n) is 5.37. The van der Waals surface area contributed by atoms with E-state index < -0.39 is 0 Å². The predicted molar refractivity (Wildman–Crippen MR) is 67.6 cm³/mol. The Morgan fingerprint density at radius 3 is 2.94 bits per heavy atom. The van der Waals surface area contributed by atoms with Gasteiger partial charge in [-0.2, -0.15) is 0 Å². The number of nitrogens with one attached hydrogen (secondary N) is 1. The number of anilines is 1. The molecule has 1 saturated heterocycles. The molecule has 3 heteroatoms. The first-order chi connectivity index (χ1) is 7.62. The van der Waals surface area contributed by atoms with Crippen molar-refractivity contribution >= 4 is 5.69 Å². The zero-order chi connectivity index (χ0) is 11.6. The number of pyridine rings is 1. The van der Waals surface area contributed by atoms with Crippen molar-refractivity contribution in [2.24, 2.45) is 5.41 Å². The van der Waals surface area contributed by atoms with Gasteiger partial charge in [-0.25, -0.2) is 0 Å². The van der Waals surface area contributed by atoms with Crippen LogP contribution in [0.25, 0.3) is 0 Å². The third kappa shape index (κ3) is 2.35. The molecule has 1 aliphatic heterocycles. The minimum absolute atomic E-state index is 0.445. The van der Waals surface area contributed by atoms with Crippen LogP contribution in [-0.4, -0.2) is 25.1 Å². The first kappa shape index (κ1) is 11.4. The summed E-state index contributed by atoms with van der Waals surface area (Å²) in [7, 11) is 1.98. The molecule has 1 aromatic heterocycles. The molecule has 1 fully saturated rings. The molecule has 88 valence electrons. The predicted octanol–water partition coefficient (Wildman–Crippen LogP) is 2.04. The van der Waals surface area contributed by atoms with Gasteiger partial charge in [-0.15, -0.1) is 0 Å². The lowest BCUT2D eigenvalue weighted by Gasteiger charge is -2.23. The quantitative estimate of drug-likeness (QED) is 0.843. The van der Waals surface area contributed by atoms with E-state index in [2.05, 4.69) is 35.1 Å². The van der Waals surface area contributed by atoms with E-state index in [0.717, 1.165) is 19.6 Å². The summed E-state index contributed by atoms with van der Waals surface area (Å²) in [6.45, 7) is 7.87. The van der Waals surface area contributed by atoms with Crippen LogP contribution in [-0.2, 0) is 6.54 Å². The van der Waals surface area contributed by atoms with Gasteiger partial charge < -0.3 is 10.2 Å². The zero-order valence-corrected chi connectivity index (χ0v) is 10.5. The highest BCUT2D eigenvalue weighted by atomic mass is 15.2. The van der Waals surface area contributed by atoms with Crippen LogP contribution in [0, 0.1) is 5.41 Å². The van der Waals surface area contributed by atoms with Crippen molar-refractivity contribution in [3.8, 4) is 0 Å². The smallest absolute Gasteiger partial charge is 0.0443 e. The molecule has 1 N–H and O–H groups in total. The van der Waals surface area contributed by atoms with E-state index in [1.165, 1.54) is 17.7 Å². The highest BCUT2D eigenvalue weighted by Gasteiger charge is 2.29. The Balaban J connectivity index is 2.20. The monoisotopic (exact) mass is 219 g/mol. The van der Waals surface area contributed by atoms with Gasteiger partial charge in [0.1, 0.15) is 0 Å². The van der Waals surface area contributed by atoms with Crippen molar-refractivity contribution in [2.45, 2.75) is 26.8 Å². The molecule has 0 aliphatic carbocycles. The molecule has 0 radical (unpaired) electrons. The SMILES string of the molecule is CNCc1cnccc1N1CCC(C)(C)C1. The van der Waals surface area contributed by atoms with Crippen LogP contribution in [0.3, 0.4) is 0 Å². The van der Waals surface area contributed by atoms with E-state index in [-0.39, 0.29) is 0 Å². The first-order valence-corrected chi connectivity index (χ1v) is 5.95. The molecule has 2 rings (SSSR count). The maximum absolute atomic E-state index is 4.21. The van der Waals surface area contributed by atoms with Gasteiger partial charge in [0.2, 0.25) is 0 Å². The minimum atomic E-state index is 0.445. The average molecular weight is 219 g/mol. The van der Waals surface area contributed by atoms with Gasteiger partial charge in [0.25, 0.3) is 0 Å². The van der Waals surface area contributed by atoms with Crippen molar-refractivity contribution in [3.63, 3.8) is 0 Å². The highest BCUT2D eigenvalue weighted by Crippen LogP contribution is 2.33. The number of aromatic nitrogens is 1. The van der Waals surface area contributed by atoms with Crippen molar-refractivity contribution < 1.29 is 0 Å². The van der Waals surface area contributed by atoms with E-state index in [0.29, 0.717) is 5.41 Å². The van der Waals surface area contributed by atoms with E-state index in [1.54, 1.807) is 0 Å². The third-order valence-corrected chi connectivity index (χ3v) is 3.26. The molecule has 1 aromatic rings. The Labute approximate surface area is 97.9 Å². The van der Waals surface area contributed by atoms with Gasteiger partial charge in [-0.1, -0.05) is 13.8 Å². The fourth-order valence-corrected chi connectivity index (χ4v) is 2.37. The normalized spacial score (nSPS) is 19.1. The Morgan fingerprint density at radius 1 is 1.50 bits per heavy atom. The van der Waals surface area contributed by atoms with Crippen LogP contribution in [0.1, 0.15) is 25.8 Å². The Hall–Kier alpha value is -1.09. The first-order valence-electron chi connectivity index (χ1n) is 5.95. The lowest BCUT2D eigenvalue weighted by molar-refractivity contribution is 0.418. The summed E-state index contributed by atoms with van der Waals surface area (Å²) in [5.74, 6) is 0. The second kappa shape index (κ2) is 4.42.